The highest BCUT2D eigenvalue weighted by Gasteiger charge is 2.15. The summed E-state index contributed by atoms with van der Waals surface area (Å²) < 4.78 is 40.1. The molecule has 0 amide bonds. The molecule has 0 aliphatic rings. The van der Waals surface area contributed by atoms with E-state index in [9.17, 15) is 12.8 Å². The molecule has 21 heavy (non-hydrogen) atoms. The van der Waals surface area contributed by atoms with Crippen LogP contribution in [-0.4, -0.2) is 13.5 Å². The van der Waals surface area contributed by atoms with Crippen molar-refractivity contribution in [3.05, 3.63) is 65.0 Å². The lowest BCUT2D eigenvalue weighted by atomic mass is 10.2. The smallest absolute Gasteiger partial charge is 0.237 e. The fourth-order valence-electron chi connectivity index (χ4n) is 1.91. The summed E-state index contributed by atoms with van der Waals surface area (Å²) >= 11 is 0. The molecular formula is C15H16FNO3S. The Hall–Kier alpha value is -1.92. The molecule has 0 saturated heterocycles. The Morgan fingerprint density at radius 1 is 1.10 bits per heavy atom. The van der Waals surface area contributed by atoms with Gasteiger partial charge in [0, 0.05) is 0 Å². The number of rotatable bonds is 5. The molecule has 2 N–H and O–H groups in total. The third kappa shape index (κ3) is 4.03. The van der Waals surface area contributed by atoms with Crippen molar-refractivity contribution in [2.75, 3.05) is 4.72 Å². The van der Waals surface area contributed by atoms with Gasteiger partial charge in [0.2, 0.25) is 10.0 Å². The van der Waals surface area contributed by atoms with Crippen LogP contribution >= 0.6 is 0 Å². The molecule has 0 spiro atoms. The second-order valence-electron chi connectivity index (χ2n) is 4.77. The zero-order valence-electron chi connectivity index (χ0n) is 11.5. The van der Waals surface area contributed by atoms with Crippen molar-refractivity contribution in [2.24, 2.45) is 0 Å². The standard InChI is InChI=1S/C15H16FNO3S/c1-11-3-2-4-14(16)15(11)17-21(19,20)10-13-7-5-12(9-18)6-8-13/h2-8,17-18H,9-10H2,1H3. The first-order valence-corrected chi connectivity index (χ1v) is 8.01. The van der Waals surface area contributed by atoms with Crippen molar-refractivity contribution in [1.82, 2.24) is 0 Å². The number of para-hydroxylation sites is 1. The van der Waals surface area contributed by atoms with Crippen LogP contribution in [0.5, 0.6) is 0 Å². The molecule has 0 aliphatic carbocycles. The molecule has 0 unspecified atom stereocenters. The predicted molar refractivity (Wildman–Crippen MR) is 79.7 cm³/mol. The summed E-state index contributed by atoms with van der Waals surface area (Å²) in [7, 11) is -3.70. The van der Waals surface area contributed by atoms with E-state index in [0.29, 0.717) is 16.7 Å². The van der Waals surface area contributed by atoms with Gasteiger partial charge in [-0.05, 0) is 29.7 Å². The van der Waals surface area contributed by atoms with Crippen LogP contribution in [0.25, 0.3) is 0 Å². The van der Waals surface area contributed by atoms with Crippen molar-refractivity contribution in [2.45, 2.75) is 19.3 Å². The molecular weight excluding hydrogens is 293 g/mol. The van der Waals surface area contributed by atoms with Crippen LogP contribution in [0.15, 0.2) is 42.5 Å². The van der Waals surface area contributed by atoms with Gasteiger partial charge in [-0.1, -0.05) is 36.4 Å². The number of halogens is 1. The minimum Gasteiger partial charge on any atom is -0.392 e. The van der Waals surface area contributed by atoms with Crippen LogP contribution in [-0.2, 0) is 22.4 Å². The zero-order chi connectivity index (χ0) is 15.5. The summed E-state index contributed by atoms with van der Waals surface area (Å²) in [6.45, 7) is 1.54. The maximum atomic E-state index is 13.7. The molecule has 0 aromatic heterocycles. The summed E-state index contributed by atoms with van der Waals surface area (Å²) in [6.07, 6.45) is 0. The molecule has 0 heterocycles. The molecule has 0 aliphatic heterocycles. The lowest BCUT2D eigenvalue weighted by Crippen LogP contribution is -2.16. The molecule has 0 fully saturated rings. The summed E-state index contributed by atoms with van der Waals surface area (Å²) in [5, 5.41) is 8.94. The van der Waals surface area contributed by atoms with E-state index >= 15 is 0 Å². The van der Waals surface area contributed by atoms with Gasteiger partial charge in [-0.2, -0.15) is 0 Å². The maximum Gasteiger partial charge on any atom is 0.237 e. The first-order valence-electron chi connectivity index (χ1n) is 6.35. The third-order valence-electron chi connectivity index (χ3n) is 3.04. The van der Waals surface area contributed by atoms with E-state index in [1.165, 1.54) is 12.1 Å². The van der Waals surface area contributed by atoms with Crippen LogP contribution in [0.2, 0.25) is 0 Å². The summed E-state index contributed by atoms with van der Waals surface area (Å²) in [4.78, 5) is 0. The Morgan fingerprint density at radius 3 is 2.29 bits per heavy atom. The molecule has 0 radical (unpaired) electrons. The molecule has 112 valence electrons. The molecule has 6 heteroatoms. The van der Waals surface area contributed by atoms with Crippen molar-refractivity contribution in [1.29, 1.82) is 0 Å². The van der Waals surface area contributed by atoms with Gasteiger partial charge in [-0.3, -0.25) is 4.72 Å². The van der Waals surface area contributed by atoms with Gasteiger partial charge < -0.3 is 5.11 Å². The number of aliphatic hydroxyl groups is 1. The second-order valence-corrected chi connectivity index (χ2v) is 6.49. The van der Waals surface area contributed by atoms with Gasteiger partial charge in [-0.15, -0.1) is 0 Å². The van der Waals surface area contributed by atoms with Gasteiger partial charge in [0.15, 0.2) is 0 Å². The van der Waals surface area contributed by atoms with E-state index in [1.54, 1.807) is 37.3 Å². The van der Waals surface area contributed by atoms with E-state index < -0.39 is 15.8 Å². The number of nitrogens with one attached hydrogen (secondary N) is 1. The van der Waals surface area contributed by atoms with E-state index in [-0.39, 0.29) is 18.0 Å². The maximum absolute atomic E-state index is 13.7. The normalized spacial score (nSPS) is 11.4. The number of aryl methyl sites for hydroxylation is 1. The molecule has 2 aromatic carbocycles. The van der Waals surface area contributed by atoms with E-state index in [2.05, 4.69) is 4.72 Å². The number of hydrogen-bond donors (Lipinski definition) is 2. The van der Waals surface area contributed by atoms with Crippen LogP contribution in [0.1, 0.15) is 16.7 Å². The van der Waals surface area contributed by atoms with E-state index in [4.69, 9.17) is 5.11 Å². The Kier molecular flexibility index (Phi) is 4.59. The summed E-state index contributed by atoms with van der Waals surface area (Å²) in [5.41, 5.74) is 1.77. The highest BCUT2D eigenvalue weighted by Crippen LogP contribution is 2.21. The lowest BCUT2D eigenvalue weighted by molar-refractivity contribution is 0.282. The largest absolute Gasteiger partial charge is 0.392 e. The highest BCUT2D eigenvalue weighted by atomic mass is 32.2. The fraction of sp³-hybridized carbons (Fsp3) is 0.200. The van der Waals surface area contributed by atoms with Crippen LogP contribution < -0.4 is 4.72 Å². The van der Waals surface area contributed by atoms with Gasteiger partial charge in [-0.25, -0.2) is 12.8 Å². The minimum atomic E-state index is -3.70. The number of sulfonamides is 1. The highest BCUT2D eigenvalue weighted by molar-refractivity contribution is 7.91. The molecule has 4 nitrogen and oxygen atoms in total. The third-order valence-corrected chi connectivity index (χ3v) is 4.27. The van der Waals surface area contributed by atoms with Gasteiger partial charge >= 0.3 is 0 Å². The van der Waals surface area contributed by atoms with Gasteiger partial charge in [0.05, 0.1) is 18.0 Å². The Labute approximate surface area is 123 Å². The Balaban J connectivity index is 2.18. The second kappa shape index (κ2) is 6.24. The zero-order valence-corrected chi connectivity index (χ0v) is 12.3. The van der Waals surface area contributed by atoms with Crippen molar-refractivity contribution in [3.63, 3.8) is 0 Å². The van der Waals surface area contributed by atoms with Crippen molar-refractivity contribution >= 4 is 15.7 Å². The molecule has 0 saturated carbocycles. The average molecular weight is 309 g/mol. The minimum absolute atomic E-state index is 0.0236. The lowest BCUT2D eigenvalue weighted by Gasteiger charge is -2.11. The quantitative estimate of drug-likeness (QED) is 0.892. The number of anilines is 1. The van der Waals surface area contributed by atoms with Crippen LogP contribution in [0, 0.1) is 12.7 Å². The van der Waals surface area contributed by atoms with Crippen LogP contribution in [0.4, 0.5) is 10.1 Å². The molecule has 0 atom stereocenters. The Bertz CT molecular complexity index is 707. The molecule has 2 aromatic rings. The number of aliphatic hydroxyl groups excluding tert-OH is 1. The molecule has 0 bridgehead atoms. The SMILES string of the molecule is Cc1cccc(F)c1NS(=O)(=O)Cc1ccc(CO)cc1. The average Bonchev–Trinajstić information content (AvgIpc) is 2.43. The number of hydrogen-bond acceptors (Lipinski definition) is 3. The summed E-state index contributed by atoms with van der Waals surface area (Å²) in [6, 6.07) is 10.9. The van der Waals surface area contributed by atoms with Crippen molar-refractivity contribution < 1.29 is 17.9 Å². The topological polar surface area (TPSA) is 66.4 Å². The van der Waals surface area contributed by atoms with E-state index in [0.717, 1.165) is 0 Å². The van der Waals surface area contributed by atoms with Gasteiger partial charge in [0.1, 0.15) is 5.82 Å². The first-order chi connectivity index (χ1) is 9.91. The number of benzene rings is 2. The van der Waals surface area contributed by atoms with Gasteiger partial charge in [0.25, 0.3) is 0 Å². The van der Waals surface area contributed by atoms with Crippen molar-refractivity contribution in [3.8, 4) is 0 Å². The molecule has 2 rings (SSSR count). The monoisotopic (exact) mass is 309 g/mol. The Morgan fingerprint density at radius 2 is 1.71 bits per heavy atom. The first kappa shape index (κ1) is 15.5. The summed E-state index contributed by atoms with van der Waals surface area (Å²) in [5.74, 6) is -0.860. The van der Waals surface area contributed by atoms with E-state index in [1.807, 2.05) is 0 Å². The fourth-order valence-corrected chi connectivity index (χ4v) is 3.19. The predicted octanol–water partition coefficient (Wildman–Crippen LogP) is 2.57. The van der Waals surface area contributed by atoms with Crippen LogP contribution in [0.3, 0.4) is 0 Å².